The summed E-state index contributed by atoms with van der Waals surface area (Å²) in [5.41, 5.74) is 3.79. The molecule has 0 aliphatic carbocycles. The molecule has 1 atom stereocenters. The van der Waals surface area contributed by atoms with Crippen molar-refractivity contribution in [2.75, 3.05) is 5.32 Å². The first-order chi connectivity index (χ1) is 10.9. The van der Waals surface area contributed by atoms with Gasteiger partial charge >= 0.3 is 5.97 Å². The van der Waals surface area contributed by atoms with Crippen LogP contribution in [0.25, 0.3) is 0 Å². The zero-order valence-corrected chi connectivity index (χ0v) is 13.6. The predicted molar refractivity (Wildman–Crippen MR) is 90.2 cm³/mol. The number of carbonyl (C=O) groups is 2. The summed E-state index contributed by atoms with van der Waals surface area (Å²) in [6.45, 7) is 5.53. The number of carbonyl (C=O) groups excluding carboxylic acids is 2. The normalized spacial score (nSPS) is 11.6. The SMILES string of the molecule is Cc1ccc(CC(=O)O[C@H](C)C(=O)Nc2ccc(C)cc2)cc1. The zero-order valence-electron chi connectivity index (χ0n) is 13.6. The molecule has 0 saturated heterocycles. The highest BCUT2D eigenvalue weighted by Gasteiger charge is 2.18. The van der Waals surface area contributed by atoms with Gasteiger partial charge in [-0.15, -0.1) is 0 Å². The molecule has 0 unspecified atom stereocenters. The van der Waals surface area contributed by atoms with E-state index < -0.39 is 12.1 Å². The van der Waals surface area contributed by atoms with E-state index in [-0.39, 0.29) is 12.3 Å². The maximum absolute atomic E-state index is 12.0. The van der Waals surface area contributed by atoms with Gasteiger partial charge in [0.05, 0.1) is 6.42 Å². The number of anilines is 1. The summed E-state index contributed by atoms with van der Waals surface area (Å²) in [7, 11) is 0. The Balaban J connectivity index is 1.86. The Labute approximate surface area is 136 Å². The van der Waals surface area contributed by atoms with E-state index in [4.69, 9.17) is 4.74 Å². The highest BCUT2D eigenvalue weighted by atomic mass is 16.5. The lowest BCUT2D eigenvalue weighted by Gasteiger charge is -2.13. The molecule has 0 aliphatic rings. The highest BCUT2D eigenvalue weighted by molar-refractivity contribution is 5.95. The minimum Gasteiger partial charge on any atom is -0.452 e. The molecule has 4 heteroatoms. The van der Waals surface area contributed by atoms with E-state index in [1.54, 1.807) is 6.92 Å². The molecule has 0 heterocycles. The first-order valence-corrected chi connectivity index (χ1v) is 7.56. The summed E-state index contributed by atoms with van der Waals surface area (Å²) in [5.74, 6) is -0.758. The van der Waals surface area contributed by atoms with Gasteiger partial charge in [0, 0.05) is 5.69 Å². The second kappa shape index (κ2) is 7.58. The third kappa shape index (κ3) is 5.25. The number of amides is 1. The van der Waals surface area contributed by atoms with E-state index in [1.807, 2.05) is 62.4 Å². The van der Waals surface area contributed by atoms with Crippen LogP contribution in [0.3, 0.4) is 0 Å². The third-order valence-corrected chi connectivity index (χ3v) is 3.47. The van der Waals surface area contributed by atoms with E-state index in [2.05, 4.69) is 5.32 Å². The fourth-order valence-corrected chi connectivity index (χ4v) is 2.05. The molecule has 2 rings (SSSR count). The summed E-state index contributed by atoms with van der Waals surface area (Å²) in [5, 5.41) is 2.73. The first-order valence-electron chi connectivity index (χ1n) is 7.56. The highest BCUT2D eigenvalue weighted by Crippen LogP contribution is 2.10. The molecule has 2 aromatic carbocycles. The Hall–Kier alpha value is -2.62. The molecule has 0 fully saturated rings. The Kier molecular flexibility index (Phi) is 5.52. The van der Waals surface area contributed by atoms with Gasteiger partial charge in [-0.3, -0.25) is 9.59 Å². The molecule has 0 aliphatic heterocycles. The number of aryl methyl sites for hydroxylation is 2. The third-order valence-electron chi connectivity index (χ3n) is 3.47. The van der Waals surface area contributed by atoms with Crippen molar-refractivity contribution < 1.29 is 14.3 Å². The Morgan fingerprint density at radius 3 is 2.04 bits per heavy atom. The van der Waals surface area contributed by atoms with Crippen LogP contribution < -0.4 is 5.32 Å². The number of nitrogens with one attached hydrogen (secondary N) is 1. The second-order valence-corrected chi connectivity index (χ2v) is 5.65. The van der Waals surface area contributed by atoms with Crippen LogP contribution in [0.4, 0.5) is 5.69 Å². The minimum absolute atomic E-state index is 0.155. The Bertz CT molecular complexity index is 675. The molecule has 0 spiro atoms. The van der Waals surface area contributed by atoms with E-state index in [9.17, 15) is 9.59 Å². The molecule has 0 saturated carbocycles. The molecule has 120 valence electrons. The van der Waals surface area contributed by atoms with E-state index in [0.29, 0.717) is 5.69 Å². The van der Waals surface area contributed by atoms with Crippen molar-refractivity contribution in [3.05, 3.63) is 65.2 Å². The molecule has 1 N–H and O–H groups in total. The van der Waals surface area contributed by atoms with Gasteiger partial charge in [-0.1, -0.05) is 47.5 Å². The molecule has 0 radical (unpaired) electrons. The molecule has 1 amide bonds. The van der Waals surface area contributed by atoms with Gasteiger partial charge < -0.3 is 10.1 Å². The van der Waals surface area contributed by atoms with Gasteiger partial charge in [-0.2, -0.15) is 0 Å². The van der Waals surface area contributed by atoms with Crippen molar-refractivity contribution in [2.45, 2.75) is 33.3 Å². The predicted octanol–water partition coefficient (Wildman–Crippen LogP) is 3.42. The Morgan fingerprint density at radius 2 is 1.48 bits per heavy atom. The van der Waals surface area contributed by atoms with Gasteiger partial charge in [0.15, 0.2) is 6.10 Å². The van der Waals surface area contributed by atoms with Crippen LogP contribution >= 0.6 is 0 Å². The van der Waals surface area contributed by atoms with Crippen LogP contribution in [0.15, 0.2) is 48.5 Å². The molecule has 0 aromatic heterocycles. The maximum atomic E-state index is 12.0. The van der Waals surface area contributed by atoms with Crippen molar-refractivity contribution >= 4 is 17.6 Å². The fraction of sp³-hybridized carbons (Fsp3) is 0.263. The van der Waals surface area contributed by atoms with E-state index in [1.165, 1.54) is 0 Å². The number of esters is 1. The number of hydrogen-bond donors (Lipinski definition) is 1. The van der Waals surface area contributed by atoms with Crippen molar-refractivity contribution in [2.24, 2.45) is 0 Å². The number of benzene rings is 2. The van der Waals surface area contributed by atoms with Crippen molar-refractivity contribution in [1.29, 1.82) is 0 Å². The summed E-state index contributed by atoms with van der Waals surface area (Å²) in [4.78, 5) is 23.9. The van der Waals surface area contributed by atoms with Crippen LogP contribution in [0, 0.1) is 13.8 Å². The number of ether oxygens (including phenoxy) is 1. The monoisotopic (exact) mass is 311 g/mol. The standard InChI is InChI=1S/C19H21NO3/c1-13-4-8-16(9-5-13)12-18(21)23-15(3)19(22)20-17-10-6-14(2)7-11-17/h4-11,15H,12H2,1-3H3,(H,20,22)/t15-/m1/s1. The summed E-state index contributed by atoms with van der Waals surface area (Å²) in [6, 6.07) is 15.1. The molecule has 0 bridgehead atoms. The minimum atomic E-state index is -0.839. The van der Waals surface area contributed by atoms with Crippen LogP contribution in [-0.2, 0) is 20.7 Å². The van der Waals surface area contributed by atoms with Gasteiger partial charge in [-0.25, -0.2) is 0 Å². The quantitative estimate of drug-likeness (QED) is 0.861. The van der Waals surface area contributed by atoms with E-state index >= 15 is 0 Å². The average Bonchev–Trinajstić information content (AvgIpc) is 2.51. The maximum Gasteiger partial charge on any atom is 0.311 e. The number of rotatable bonds is 5. The van der Waals surface area contributed by atoms with Gasteiger partial charge in [0.25, 0.3) is 5.91 Å². The summed E-state index contributed by atoms with van der Waals surface area (Å²) < 4.78 is 5.19. The zero-order chi connectivity index (χ0) is 16.8. The van der Waals surface area contributed by atoms with Gasteiger partial charge in [0.1, 0.15) is 0 Å². The lowest BCUT2D eigenvalue weighted by atomic mass is 10.1. The fourth-order valence-electron chi connectivity index (χ4n) is 2.05. The lowest BCUT2D eigenvalue weighted by molar-refractivity contribution is -0.152. The van der Waals surface area contributed by atoms with Crippen molar-refractivity contribution in [1.82, 2.24) is 0 Å². The molecule has 4 nitrogen and oxygen atoms in total. The molecule has 23 heavy (non-hydrogen) atoms. The second-order valence-electron chi connectivity index (χ2n) is 5.65. The molecule has 2 aromatic rings. The van der Waals surface area contributed by atoms with Crippen LogP contribution in [0.2, 0.25) is 0 Å². The number of hydrogen-bond acceptors (Lipinski definition) is 3. The molecular formula is C19H21NO3. The van der Waals surface area contributed by atoms with Crippen molar-refractivity contribution in [3.63, 3.8) is 0 Å². The van der Waals surface area contributed by atoms with Crippen LogP contribution in [-0.4, -0.2) is 18.0 Å². The Morgan fingerprint density at radius 1 is 0.957 bits per heavy atom. The van der Waals surface area contributed by atoms with Gasteiger partial charge in [0.2, 0.25) is 0 Å². The largest absolute Gasteiger partial charge is 0.452 e. The summed E-state index contributed by atoms with van der Waals surface area (Å²) in [6.07, 6.45) is -0.683. The van der Waals surface area contributed by atoms with Crippen LogP contribution in [0.5, 0.6) is 0 Å². The van der Waals surface area contributed by atoms with E-state index in [0.717, 1.165) is 16.7 Å². The van der Waals surface area contributed by atoms with Crippen LogP contribution in [0.1, 0.15) is 23.6 Å². The average molecular weight is 311 g/mol. The smallest absolute Gasteiger partial charge is 0.311 e. The first kappa shape index (κ1) is 16.7. The molecular weight excluding hydrogens is 290 g/mol. The van der Waals surface area contributed by atoms with Crippen molar-refractivity contribution in [3.8, 4) is 0 Å². The van der Waals surface area contributed by atoms with Gasteiger partial charge in [-0.05, 0) is 38.5 Å². The summed E-state index contributed by atoms with van der Waals surface area (Å²) >= 11 is 0. The topological polar surface area (TPSA) is 55.4 Å². The lowest BCUT2D eigenvalue weighted by Crippen LogP contribution is -2.30.